The van der Waals surface area contributed by atoms with Gasteiger partial charge in [-0.2, -0.15) is 0 Å². The molecule has 0 atom stereocenters. The summed E-state index contributed by atoms with van der Waals surface area (Å²) in [4.78, 5) is 0. The van der Waals surface area contributed by atoms with Gasteiger partial charge in [0.15, 0.2) is 0 Å². The van der Waals surface area contributed by atoms with E-state index in [-0.39, 0.29) is 12.1 Å². The number of hydrogen-bond acceptors (Lipinski definition) is 1. The molecule has 9 rings (SSSR count). The summed E-state index contributed by atoms with van der Waals surface area (Å²) in [5, 5.41) is 5.07. The fourth-order valence-corrected chi connectivity index (χ4v) is 7.86. The van der Waals surface area contributed by atoms with Crippen molar-refractivity contribution in [2.45, 2.75) is 32.6 Å². The third-order valence-electron chi connectivity index (χ3n) is 9.95. The summed E-state index contributed by atoms with van der Waals surface area (Å²) in [7, 11) is 0. The maximum Gasteiger partial charge on any atom is 0.251 e. The zero-order valence-corrected chi connectivity index (χ0v) is 25.9. The van der Waals surface area contributed by atoms with Crippen LogP contribution in [0.4, 0.5) is 0 Å². The second kappa shape index (κ2) is 9.71. The quantitative estimate of drug-likeness (QED) is 0.147. The number of fused-ring (bicyclic) bond motifs is 6. The van der Waals surface area contributed by atoms with E-state index in [1.54, 1.807) is 0 Å². The van der Waals surface area contributed by atoms with Crippen molar-refractivity contribution >= 4 is 44.6 Å². The van der Waals surface area contributed by atoms with Crippen molar-refractivity contribution in [3.63, 3.8) is 0 Å². The van der Waals surface area contributed by atoms with Gasteiger partial charge in [0.05, 0.1) is 0 Å². The Balaban J connectivity index is 1.34. The van der Waals surface area contributed by atoms with Gasteiger partial charge in [-0.3, -0.25) is 0 Å². The third kappa shape index (κ3) is 4.02. The van der Waals surface area contributed by atoms with Crippen LogP contribution in [-0.2, 0) is 11.8 Å². The lowest BCUT2D eigenvalue weighted by atomic mass is 9.32. The van der Waals surface area contributed by atoms with Crippen LogP contribution in [-0.4, -0.2) is 6.71 Å². The summed E-state index contributed by atoms with van der Waals surface area (Å²) < 4.78 is 6.80. The lowest BCUT2D eigenvalue weighted by Gasteiger charge is -2.35. The first-order valence-electron chi connectivity index (χ1n) is 16.0. The Morgan fingerprint density at radius 2 is 1.11 bits per heavy atom. The van der Waals surface area contributed by atoms with Crippen molar-refractivity contribution in [2.75, 3.05) is 0 Å². The van der Waals surface area contributed by atoms with Crippen LogP contribution in [0.25, 0.3) is 43.8 Å². The van der Waals surface area contributed by atoms with E-state index >= 15 is 0 Å². The maximum atomic E-state index is 6.80. The number of ether oxygens (including phenoxy) is 1. The predicted octanol–water partition coefficient (Wildman–Crippen LogP) is 9.15. The molecule has 1 nitrogen and oxygen atoms in total. The molecule has 0 unspecified atom stereocenters. The molecular weight excluding hydrogens is 543 g/mol. The lowest BCUT2D eigenvalue weighted by Crippen LogP contribution is -2.59. The minimum atomic E-state index is 0.0915. The van der Waals surface area contributed by atoms with Crippen molar-refractivity contribution in [3.8, 4) is 33.8 Å². The molecule has 7 aromatic rings. The maximum absolute atomic E-state index is 6.80. The van der Waals surface area contributed by atoms with E-state index in [1.807, 2.05) is 0 Å². The Hall–Kier alpha value is -5.08. The molecular formula is C43H33BO. The number of para-hydroxylation sites is 1. The van der Waals surface area contributed by atoms with Crippen LogP contribution in [0.5, 0.6) is 11.5 Å². The van der Waals surface area contributed by atoms with Gasteiger partial charge < -0.3 is 4.74 Å². The number of benzene rings is 7. The molecule has 0 bridgehead atoms. The van der Waals surface area contributed by atoms with E-state index in [0.29, 0.717) is 0 Å². The van der Waals surface area contributed by atoms with Gasteiger partial charge in [-0.15, -0.1) is 0 Å². The van der Waals surface area contributed by atoms with Gasteiger partial charge in [-0.25, -0.2) is 0 Å². The molecule has 0 N–H and O–H groups in total. The molecule has 0 fully saturated rings. The Kier molecular flexibility index (Phi) is 5.68. The molecule has 0 radical (unpaired) electrons. The summed E-state index contributed by atoms with van der Waals surface area (Å²) in [5.41, 5.74) is 13.3. The molecule has 45 heavy (non-hydrogen) atoms. The normalized spacial score (nSPS) is 13.3. The number of hydrogen-bond donors (Lipinski definition) is 0. The molecule has 2 aliphatic heterocycles. The Bertz CT molecular complexity index is 2250. The monoisotopic (exact) mass is 576 g/mol. The fraction of sp³-hybridized carbons (Fsp3) is 0.116. The highest BCUT2D eigenvalue weighted by molar-refractivity contribution is 6.97. The first-order chi connectivity index (χ1) is 22.0. The third-order valence-corrected chi connectivity index (χ3v) is 9.95. The van der Waals surface area contributed by atoms with Crippen molar-refractivity contribution in [1.82, 2.24) is 0 Å². The summed E-state index contributed by atoms with van der Waals surface area (Å²) in [5.74, 6) is 1.94. The second-order valence-electron chi connectivity index (χ2n) is 13.7. The van der Waals surface area contributed by atoms with Crippen LogP contribution >= 0.6 is 0 Å². The fourth-order valence-electron chi connectivity index (χ4n) is 7.86. The second-order valence-corrected chi connectivity index (χ2v) is 13.7. The topological polar surface area (TPSA) is 9.23 Å². The minimum absolute atomic E-state index is 0.0915. The molecule has 0 saturated carbocycles. The minimum Gasteiger partial charge on any atom is -0.458 e. The van der Waals surface area contributed by atoms with E-state index in [4.69, 9.17) is 4.74 Å². The van der Waals surface area contributed by atoms with Crippen LogP contribution in [0.2, 0.25) is 0 Å². The molecule has 0 aliphatic carbocycles. The zero-order chi connectivity index (χ0) is 30.3. The average molecular weight is 577 g/mol. The Morgan fingerprint density at radius 3 is 1.78 bits per heavy atom. The van der Waals surface area contributed by atoms with Crippen molar-refractivity contribution in [3.05, 3.63) is 150 Å². The van der Waals surface area contributed by atoms with Crippen LogP contribution < -0.4 is 21.1 Å². The number of rotatable bonds is 2. The van der Waals surface area contributed by atoms with Crippen LogP contribution in [0, 0.1) is 0 Å². The first kappa shape index (κ1) is 26.3. The van der Waals surface area contributed by atoms with Gasteiger partial charge in [-0.1, -0.05) is 148 Å². The summed E-state index contributed by atoms with van der Waals surface area (Å²) >= 11 is 0. The molecule has 214 valence electrons. The van der Waals surface area contributed by atoms with E-state index in [9.17, 15) is 0 Å². The van der Waals surface area contributed by atoms with E-state index in [0.717, 1.165) is 17.9 Å². The van der Waals surface area contributed by atoms with Crippen LogP contribution in [0.15, 0.2) is 133 Å². The van der Waals surface area contributed by atoms with Gasteiger partial charge in [0.2, 0.25) is 0 Å². The van der Waals surface area contributed by atoms with Crippen molar-refractivity contribution in [2.24, 2.45) is 0 Å². The molecule has 2 aliphatic rings. The highest BCUT2D eigenvalue weighted by atomic mass is 16.5. The van der Waals surface area contributed by atoms with E-state index in [1.165, 1.54) is 76.9 Å². The molecule has 0 spiro atoms. The Morgan fingerprint density at radius 1 is 0.511 bits per heavy atom. The van der Waals surface area contributed by atoms with Gasteiger partial charge >= 0.3 is 0 Å². The molecule has 7 aromatic carbocycles. The molecule has 0 saturated heterocycles. The highest BCUT2D eigenvalue weighted by Crippen LogP contribution is 2.45. The molecule has 2 heterocycles. The molecule has 0 aromatic heterocycles. The van der Waals surface area contributed by atoms with Crippen molar-refractivity contribution in [1.29, 1.82) is 0 Å². The smallest absolute Gasteiger partial charge is 0.251 e. The largest absolute Gasteiger partial charge is 0.458 e. The molecule has 2 heteroatoms. The predicted molar refractivity (Wildman–Crippen MR) is 191 cm³/mol. The summed E-state index contributed by atoms with van der Waals surface area (Å²) in [6, 6.07) is 49.2. The standard InChI is InChI=1S/C43H33BO/c1-43(2,3)31-21-22-36-28(25-31)23-30-24-29(26-39-42(30)44(36)37-19-11-12-20-38(37)45-39)41-34-17-9-7-15-32(34)40(27-13-5-4-6-14-27)33-16-8-10-18-35(33)41/h4-22,24-26H,23H2,1-3H3. The van der Waals surface area contributed by atoms with Crippen LogP contribution in [0.1, 0.15) is 37.5 Å². The molecule has 0 amide bonds. The van der Waals surface area contributed by atoms with Gasteiger partial charge in [0, 0.05) is 0 Å². The van der Waals surface area contributed by atoms with Crippen LogP contribution in [0.3, 0.4) is 0 Å². The van der Waals surface area contributed by atoms with Crippen molar-refractivity contribution < 1.29 is 4.74 Å². The average Bonchev–Trinajstić information content (AvgIpc) is 3.06. The van der Waals surface area contributed by atoms with Gasteiger partial charge in [0.1, 0.15) is 11.5 Å². The zero-order valence-electron chi connectivity index (χ0n) is 25.9. The van der Waals surface area contributed by atoms with E-state index in [2.05, 4.69) is 154 Å². The first-order valence-corrected chi connectivity index (χ1v) is 16.0. The van der Waals surface area contributed by atoms with E-state index < -0.39 is 0 Å². The lowest BCUT2D eigenvalue weighted by molar-refractivity contribution is 0.487. The highest BCUT2D eigenvalue weighted by Gasteiger charge is 2.39. The summed E-state index contributed by atoms with van der Waals surface area (Å²) in [6.07, 6.45) is 0.898. The summed E-state index contributed by atoms with van der Waals surface area (Å²) in [6.45, 7) is 7.09. The SMILES string of the molecule is CC(C)(C)c1ccc2c(c1)Cc1cc(-c3c4ccccc4c(-c4ccccc4)c4ccccc34)cc3c1B2c1ccccc1O3. The Labute approximate surface area is 265 Å². The van der Waals surface area contributed by atoms with Gasteiger partial charge in [0.25, 0.3) is 6.71 Å². The van der Waals surface area contributed by atoms with Gasteiger partial charge in [-0.05, 0) is 95.4 Å².